The third kappa shape index (κ3) is 8.35. The first kappa shape index (κ1) is 19.2. The van der Waals surface area contributed by atoms with Crippen molar-refractivity contribution in [3.05, 3.63) is 36.4 Å². The minimum atomic E-state index is -0.0565. The molecule has 0 heterocycles. The third-order valence-electron chi connectivity index (χ3n) is 3.12. The Bertz CT molecular complexity index is 544. The largest absolute Gasteiger partial charge is 0.487 e. The van der Waals surface area contributed by atoms with Gasteiger partial charge in [-0.1, -0.05) is 44.9 Å². The molecule has 0 atom stereocenters. The van der Waals surface area contributed by atoms with Gasteiger partial charge in [0.05, 0.1) is 5.69 Å². The summed E-state index contributed by atoms with van der Waals surface area (Å²) in [7, 11) is 0. The Labute approximate surface area is 144 Å². The molecule has 0 bridgehead atoms. The summed E-state index contributed by atoms with van der Waals surface area (Å²) in [4.78, 5) is 11.8. The number of nitrogens with one attached hydrogen (secondary N) is 2. The third-order valence-corrected chi connectivity index (χ3v) is 3.32. The maximum absolute atomic E-state index is 11.8. The van der Waals surface area contributed by atoms with Crippen molar-refractivity contribution in [2.75, 3.05) is 11.9 Å². The number of benzene rings is 1. The number of carbonyl (C=O) groups is 1. The normalized spacial score (nSPS) is 10.0. The number of para-hydroxylation sites is 2. The van der Waals surface area contributed by atoms with Gasteiger partial charge in [-0.15, -0.1) is 0 Å². The molecule has 0 aliphatic heterocycles. The van der Waals surface area contributed by atoms with Gasteiger partial charge in [0, 0.05) is 6.42 Å². The van der Waals surface area contributed by atoms with E-state index in [4.69, 9.17) is 17.0 Å². The zero-order chi connectivity index (χ0) is 17.1. The van der Waals surface area contributed by atoms with Crippen molar-refractivity contribution in [2.45, 2.75) is 46.0 Å². The molecule has 126 valence electrons. The van der Waals surface area contributed by atoms with E-state index in [9.17, 15) is 4.79 Å². The van der Waals surface area contributed by atoms with Gasteiger partial charge in [0.25, 0.3) is 0 Å². The lowest BCUT2D eigenvalue weighted by Crippen LogP contribution is -2.34. The molecular weight excluding hydrogens is 308 g/mol. The molecule has 0 saturated carbocycles. The first-order chi connectivity index (χ1) is 11.0. The van der Waals surface area contributed by atoms with E-state index >= 15 is 0 Å². The zero-order valence-electron chi connectivity index (χ0n) is 14.0. The number of anilines is 1. The summed E-state index contributed by atoms with van der Waals surface area (Å²) in [6.45, 7) is 8.30. The van der Waals surface area contributed by atoms with Crippen molar-refractivity contribution >= 4 is 28.9 Å². The SMILES string of the molecule is C=C(C)COc1ccccc1NC(=S)NC(=O)CCCCCC. The van der Waals surface area contributed by atoms with E-state index in [0.29, 0.717) is 18.8 Å². The van der Waals surface area contributed by atoms with Crippen LogP contribution in [0.5, 0.6) is 5.75 Å². The summed E-state index contributed by atoms with van der Waals surface area (Å²) in [5.74, 6) is 0.619. The van der Waals surface area contributed by atoms with Crippen molar-refractivity contribution in [2.24, 2.45) is 0 Å². The van der Waals surface area contributed by atoms with Crippen LogP contribution in [0.1, 0.15) is 46.0 Å². The average molecular weight is 334 g/mol. The van der Waals surface area contributed by atoms with Crippen LogP contribution in [0.2, 0.25) is 0 Å². The fraction of sp³-hybridized carbons (Fsp3) is 0.444. The summed E-state index contributed by atoms with van der Waals surface area (Å²) in [6.07, 6.45) is 4.77. The molecule has 1 aromatic carbocycles. The van der Waals surface area contributed by atoms with Crippen molar-refractivity contribution < 1.29 is 9.53 Å². The molecule has 1 amide bonds. The van der Waals surface area contributed by atoms with Crippen molar-refractivity contribution in [3.63, 3.8) is 0 Å². The zero-order valence-corrected chi connectivity index (χ0v) is 14.8. The molecule has 0 aliphatic rings. The molecule has 23 heavy (non-hydrogen) atoms. The second-order valence-electron chi connectivity index (χ2n) is 5.55. The van der Waals surface area contributed by atoms with Gasteiger partial charge < -0.3 is 15.4 Å². The summed E-state index contributed by atoms with van der Waals surface area (Å²) < 4.78 is 5.66. The highest BCUT2D eigenvalue weighted by molar-refractivity contribution is 7.80. The lowest BCUT2D eigenvalue weighted by Gasteiger charge is -2.14. The number of unbranched alkanes of at least 4 members (excludes halogenated alkanes) is 3. The standard InChI is InChI=1S/C18H26N2O2S/c1-4-5-6-7-12-17(21)20-18(23)19-15-10-8-9-11-16(15)22-13-14(2)3/h8-11H,2,4-7,12-13H2,1,3H3,(H2,19,20,21,23). The molecule has 0 fully saturated rings. The van der Waals surface area contributed by atoms with Gasteiger partial charge >= 0.3 is 0 Å². The van der Waals surface area contributed by atoms with Gasteiger partial charge in [0.15, 0.2) is 5.11 Å². The fourth-order valence-electron chi connectivity index (χ4n) is 1.95. The molecular formula is C18H26N2O2S. The van der Waals surface area contributed by atoms with E-state index in [1.54, 1.807) is 0 Å². The predicted molar refractivity (Wildman–Crippen MR) is 99.9 cm³/mol. The molecule has 0 aliphatic carbocycles. The highest BCUT2D eigenvalue weighted by Gasteiger charge is 2.08. The first-order valence-electron chi connectivity index (χ1n) is 8.00. The Kier molecular flexibility index (Phi) is 8.98. The number of hydrogen-bond acceptors (Lipinski definition) is 3. The van der Waals surface area contributed by atoms with E-state index in [0.717, 1.165) is 36.9 Å². The average Bonchev–Trinajstić information content (AvgIpc) is 2.50. The monoisotopic (exact) mass is 334 g/mol. The van der Waals surface area contributed by atoms with E-state index in [1.807, 2.05) is 31.2 Å². The van der Waals surface area contributed by atoms with Crippen LogP contribution in [0.25, 0.3) is 0 Å². The second-order valence-corrected chi connectivity index (χ2v) is 5.96. The van der Waals surface area contributed by atoms with E-state index in [1.165, 1.54) is 0 Å². The van der Waals surface area contributed by atoms with Gasteiger partial charge in [0.1, 0.15) is 12.4 Å². The maximum atomic E-state index is 11.8. The molecule has 0 aromatic heterocycles. The molecule has 1 rings (SSSR count). The Hall–Kier alpha value is -1.88. The minimum Gasteiger partial charge on any atom is -0.487 e. The molecule has 2 N–H and O–H groups in total. The van der Waals surface area contributed by atoms with Gasteiger partial charge in [-0.05, 0) is 43.3 Å². The molecule has 0 radical (unpaired) electrons. The smallest absolute Gasteiger partial charge is 0.226 e. The number of thiocarbonyl (C=S) groups is 1. The maximum Gasteiger partial charge on any atom is 0.226 e. The molecule has 0 saturated heterocycles. The summed E-state index contributed by atoms with van der Waals surface area (Å²) in [5.41, 5.74) is 1.66. The van der Waals surface area contributed by atoms with Crippen LogP contribution >= 0.6 is 12.2 Å². The van der Waals surface area contributed by atoms with Gasteiger partial charge in [-0.3, -0.25) is 4.79 Å². The molecule has 5 heteroatoms. The van der Waals surface area contributed by atoms with Gasteiger partial charge in [0.2, 0.25) is 5.91 Å². The van der Waals surface area contributed by atoms with Crippen LogP contribution < -0.4 is 15.4 Å². The number of ether oxygens (including phenoxy) is 1. The Morgan fingerprint density at radius 2 is 2.00 bits per heavy atom. The highest BCUT2D eigenvalue weighted by atomic mass is 32.1. The Balaban J connectivity index is 2.47. The Morgan fingerprint density at radius 3 is 2.70 bits per heavy atom. The quantitative estimate of drug-likeness (QED) is 0.399. The number of hydrogen-bond donors (Lipinski definition) is 2. The lowest BCUT2D eigenvalue weighted by atomic mass is 10.1. The van der Waals surface area contributed by atoms with Gasteiger partial charge in [-0.2, -0.15) is 0 Å². The minimum absolute atomic E-state index is 0.0565. The summed E-state index contributed by atoms with van der Waals surface area (Å²) in [5, 5.41) is 6.01. The molecule has 0 unspecified atom stereocenters. The highest BCUT2D eigenvalue weighted by Crippen LogP contribution is 2.24. The summed E-state index contributed by atoms with van der Waals surface area (Å²) in [6, 6.07) is 7.47. The van der Waals surface area contributed by atoms with E-state index in [2.05, 4.69) is 24.1 Å². The first-order valence-corrected chi connectivity index (χ1v) is 8.40. The van der Waals surface area contributed by atoms with Crippen LogP contribution in [0.4, 0.5) is 5.69 Å². The van der Waals surface area contributed by atoms with E-state index < -0.39 is 0 Å². The topological polar surface area (TPSA) is 50.4 Å². The lowest BCUT2D eigenvalue weighted by molar-refractivity contribution is -0.119. The predicted octanol–water partition coefficient (Wildman–Crippen LogP) is 4.42. The van der Waals surface area contributed by atoms with Crippen LogP contribution in [0, 0.1) is 0 Å². The van der Waals surface area contributed by atoms with E-state index in [-0.39, 0.29) is 11.0 Å². The summed E-state index contributed by atoms with van der Waals surface area (Å²) >= 11 is 5.19. The fourth-order valence-corrected chi connectivity index (χ4v) is 2.18. The van der Waals surface area contributed by atoms with Crippen molar-refractivity contribution in [1.82, 2.24) is 5.32 Å². The van der Waals surface area contributed by atoms with Crippen molar-refractivity contribution in [1.29, 1.82) is 0 Å². The number of rotatable bonds is 9. The van der Waals surface area contributed by atoms with Crippen LogP contribution in [-0.4, -0.2) is 17.6 Å². The van der Waals surface area contributed by atoms with Crippen LogP contribution in [-0.2, 0) is 4.79 Å². The number of carbonyl (C=O) groups excluding carboxylic acids is 1. The second kappa shape index (κ2) is 10.8. The van der Waals surface area contributed by atoms with Crippen molar-refractivity contribution in [3.8, 4) is 5.75 Å². The molecule has 1 aromatic rings. The van der Waals surface area contributed by atoms with Gasteiger partial charge in [-0.25, -0.2) is 0 Å². The molecule has 0 spiro atoms. The van der Waals surface area contributed by atoms with Crippen LogP contribution in [0.15, 0.2) is 36.4 Å². The number of amides is 1. The Morgan fingerprint density at radius 1 is 1.26 bits per heavy atom. The van der Waals surface area contributed by atoms with Crippen LogP contribution in [0.3, 0.4) is 0 Å². The molecule has 4 nitrogen and oxygen atoms in total.